The van der Waals surface area contributed by atoms with Gasteiger partial charge in [0.05, 0.1) is 23.1 Å². The van der Waals surface area contributed by atoms with Gasteiger partial charge in [0.25, 0.3) is 0 Å². The number of imidazole rings is 1. The summed E-state index contributed by atoms with van der Waals surface area (Å²) < 4.78 is 40.8. The Bertz CT molecular complexity index is 1070. The first-order valence-electron chi connectivity index (χ1n) is 10.4. The minimum atomic E-state index is -4.43. The number of fused-ring (bicyclic) bond motifs is 1. The van der Waals surface area contributed by atoms with Crippen LogP contribution in [0.4, 0.5) is 18.9 Å². The number of aryl methyl sites for hydroxylation is 1. The van der Waals surface area contributed by atoms with Crippen LogP contribution in [0.3, 0.4) is 0 Å². The number of benzene rings is 2. The molecule has 0 unspecified atom stereocenters. The molecular weight excluding hydrogens is 405 g/mol. The molecular formula is C23H25F3N4O. The van der Waals surface area contributed by atoms with E-state index in [-0.39, 0.29) is 18.1 Å². The number of piperidine rings is 1. The lowest BCUT2D eigenvalue weighted by Gasteiger charge is -2.32. The quantitative estimate of drug-likeness (QED) is 0.638. The molecule has 1 amide bonds. The Balaban J connectivity index is 1.29. The monoisotopic (exact) mass is 430 g/mol. The summed E-state index contributed by atoms with van der Waals surface area (Å²) in [5.41, 5.74) is 1.54. The summed E-state index contributed by atoms with van der Waals surface area (Å²) in [6, 6.07) is 12.8. The Morgan fingerprint density at radius 2 is 1.87 bits per heavy atom. The Hall–Kier alpha value is -2.87. The van der Waals surface area contributed by atoms with E-state index in [4.69, 9.17) is 0 Å². The highest BCUT2D eigenvalue weighted by atomic mass is 19.4. The number of alkyl halides is 3. The smallest absolute Gasteiger partial charge is 0.328 e. The van der Waals surface area contributed by atoms with Crippen LogP contribution in [-0.4, -0.2) is 40.0 Å². The average Bonchev–Trinajstić information content (AvgIpc) is 3.04. The molecule has 5 nitrogen and oxygen atoms in total. The maximum absolute atomic E-state index is 12.8. The van der Waals surface area contributed by atoms with E-state index in [1.807, 2.05) is 25.1 Å². The van der Waals surface area contributed by atoms with Crippen molar-refractivity contribution < 1.29 is 18.0 Å². The minimum absolute atomic E-state index is 0.164. The predicted octanol–water partition coefficient (Wildman–Crippen LogP) is 4.71. The molecule has 0 atom stereocenters. The van der Waals surface area contributed by atoms with E-state index < -0.39 is 11.7 Å². The first-order chi connectivity index (χ1) is 14.8. The third-order valence-corrected chi connectivity index (χ3v) is 5.83. The summed E-state index contributed by atoms with van der Waals surface area (Å²) >= 11 is 0. The fraction of sp³-hybridized carbons (Fsp3) is 0.391. The highest BCUT2D eigenvalue weighted by molar-refractivity contribution is 5.92. The topological polar surface area (TPSA) is 50.2 Å². The van der Waals surface area contributed by atoms with Crippen LogP contribution in [0.5, 0.6) is 0 Å². The number of hydrogen-bond donors (Lipinski definition) is 1. The number of aromatic nitrogens is 2. The van der Waals surface area contributed by atoms with Gasteiger partial charge in [-0.2, -0.15) is 13.2 Å². The third-order valence-electron chi connectivity index (χ3n) is 5.83. The molecule has 4 rings (SSSR count). The number of carbonyl (C=O) groups is 1. The number of halogens is 3. The molecule has 1 saturated heterocycles. The summed E-state index contributed by atoms with van der Waals surface area (Å²) in [5.74, 6) is 1.21. The van der Waals surface area contributed by atoms with Crippen molar-refractivity contribution in [1.82, 2.24) is 14.5 Å². The van der Waals surface area contributed by atoms with Gasteiger partial charge >= 0.3 is 6.18 Å². The highest BCUT2D eigenvalue weighted by Gasteiger charge is 2.30. The number of hydrogen-bond acceptors (Lipinski definition) is 3. The molecule has 2 heterocycles. The zero-order valence-corrected chi connectivity index (χ0v) is 17.3. The van der Waals surface area contributed by atoms with E-state index in [0.717, 1.165) is 61.5 Å². The minimum Gasteiger partial charge on any atom is -0.328 e. The van der Waals surface area contributed by atoms with Gasteiger partial charge in [0.1, 0.15) is 5.82 Å². The van der Waals surface area contributed by atoms with E-state index in [0.29, 0.717) is 5.92 Å². The zero-order chi connectivity index (χ0) is 22.0. The molecule has 1 aliphatic heterocycles. The van der Waals surface area contributed by atoms with E-state index in [1.54, 1.807) is 0 Å². The molecule has 1 N–H and O–H groups in total. The average molecular weight is 430 g/mol. The number of anilines is 1. The molecule has 3 aromatic rings. The molecule has 0 spiro atoms. The summed E-state index contributed by atoms with van der Waals surface area (Å²) in [6.07, 6.45) is -2.51. The second-order valence-corrected chi connectivity index (χ2v) is 8.10. The first-order valence-corrected chi connectivity index (χ1v) is 10.4. The molecule has 1 fully saturated rings. The highest BCUT2D eigenvalue weighted by Crippen LogP contribution is 2.30. The SMILES string of the molecule is Cc1nc2ccccc2n1CC1CCN(CC(=O)Nc2cccc(C(F)(F)F)c2)CC1. The van der Waals surface area contributed by atoms with Crippen LogP contribution >= 0.6 is 0 Å². The van der Waals surface area contributed by atoms with Gasteiger partial charge < -0.3 is 9.88 Å². The summed E-state index contributed by atoms with van der Waals surface area (Å²) in [5, 5.41) is 2.58. The number of carbonyl (C=O) groups excluding carboxylic acids is 1. The van der Waals surface area contributed by atoms with Crippen molar-refractivity contribution in [3.05, 3.63) is 59.9 Å². The fourth-order valence-electron chi connectivity index (χ4n) is 4.19. The van der Waals surface area contributed by atoms with Crippen molar-refractivity contribution in [2.45, 2.75) is 32.5 Å². The molecule has 0 radical (unpaired) electrons. The van der Waals surface area contributed by atoms with Gasteiger partial charge in [0.2, 0.25) is 5.91 Å². The zero-order valence-electron chi connectivity index (χ0n) is 17.3. The number of nitrogens with zero attached hydrogens (tertiary/aromatic N) is 3. The maximum atomic E-state index is 12.8. The van der Waals surface area contributed by atoms with E-state index in [9.17, 15) is 18.0 Å². The number of rotatable bonds is 5. The molecule has 164 valence electrons. The van der Waals surface area contributed by atoms with Crippen molar-refractivity contribution in [3.8, 4) is 0 Å². The van der Waals surface area contributed by atoms with Crippen molar-refractivity contribution in [2.24, 2.45) is 5.92 Å². The molecule has 0 bridgehead atoms. The molecule has 1 aliphatic rings. The van der Waals surface area contributed by atoms with Crippen molar-refractivity contribution in [1.29, 1.82) is 0 Å². The maximum Gasteiger partial charge on any atom is 0.416 e. The predicted molar refractivity (Wildman–Crippen MR) is 114 cm³/mol. The van der Waals surface area contributed by atoms with E-state index >= 15 is 0 Å². The lowest BCUT2D eigenvalue weighted by Crippen LogP contribution is -2.40. The van der Waals surface area contributed by atoms with Gasteiger partial charge in [0, 0.05) is 12.2 Å². The molecule has 8 heteroatoms. The van der Waals surface area contributed by atoms with Crippen LogP contribution in [0.25, 0.3) is 11.0 Å². The number of amides is 1. The Labute approximate surface area is 178 Å². The van der Waals surface area contributed by atoms with Crippen LogP contribution in [0, 0.1) is 12.8 Å². The van der Waals surface area contributed by atoms with Gasteiger partial charge in [-0.25, -0.2) is 4.98 Å². The van der Waals surface area contributed by atoms with Crippen LogP contribution in [0.15, 0.2) is 48.5 Å². The van der Waals surface area contributed by atoms with Crippen LogP contribution in [0.2, 0.25) is 0 Å². The lowest BCUT2D eigenvalue weighted by molar-refractivity contribution is -0.137. The summed E-state index contributed by atoms with van der Waals surface area (Å²) in [4.78, 5) is 19.0. The van der Waals surface area contributed by atoms with Gasteiger partial charge in [-0.1, -0.05) is 18.2 Å². The Morgan fingerprint density at radius 3 is 2.61 bits per heavy atom. The summed E-state index contributed by atoms with van der Waals surface area (Å²) in [7, 11) is 0. The van der Waals surface area contributed by atoms with Gasteiger partial charge in [-0.3, -0.25) is 9.69 Å². The van der Waals surface area contributed by atoms with Crippen molar-refractivity contribution >= 4 is 22.6 Å². The second kappa shape index (κ2) is 8.70. The number of para-hydroxylation sites is 2. The van der Waals surface area contributed by atoms with Gasteiger partial charge in [-0.05, 0) is 69.1 Å². The first kappa shape index (κ1) is 21.4. The van der Waals surface area contributed by atoms with Crippen LogP contribution in [-0.2, 0) is 17.5 Å². The molecule has 2 aromatic carbocycles. The van der Waals surface area contributed by atoms with Crippen molar-refractivity contribution in [2.75, 3.05) is 25.0 Å². The largest absolute Gasteiger partial charge is 0.416 e. The second-order valence-electron chi connectivity index (χ2n) is 8.10. The van der Waals surface area contributed by atoms with E-state index in [2.05, 4.69) is 25.8 Å². The number of nitrogens with one attached hydrogen (secondary N) is 1. The van der Waals surface area contributed by atoms with Crippen LogP contribution in [0.1, 0.15) is 24.2 Å². The third kappa shape index (κ3) is 5.07. The number of likely N-dealkylation sites (tertiary alicyclic amines) is 1. The van der Waals surface area contributed by atoms with Crippen LogP contribution < -0.4 is 5.32 Å². The molecule has 1 aromatic heterocycles. The van der Waals surface area contributed by atoms with Crippen molar-refractivity contribution in [3.63, 3.8) is 0 Å². The fourth-order valence-corrected chi connectivity index (χ4v) is 4.19. The Kier molecular flexibility index (Phi) is 6.00. The van der Waals surface area contributed by atoms with Gasteiger partial charge in [0.15, 0.2) is 0 Å². The molecule has 0 saturated carbocycles. The standard InChI is InChI=1S/C23H25F3N4O/c1-16-27-20-7-2-3-8-21(20)30(16)14-17-9-11-29(12-10-17)15-22(31)28-19-6-4-5-18(13-19)23(24,25)26/h2-8,13,17H,9-12,14-15H2,1H3,(H,28,31). The Morgan fingerprint density at radius 1 is 1.13 bits per heavy atom. The summed E-state index contributed by atoms with van der Waals surface area (Å²) in [6.45, 7) is 4.67. The normalized spacial score (nSPS) is 16.0. The molecule has 31 heavy (non-hydrogen) atoms. The molecule has 0 aliphatic carbocycles. The lowest BCUT2D eigenvalue weighted by atomic mass is 9.96. The van der Waals surface area contributed by atoms with E-state index in [1.165, 1.54) is 12.1 Å². The van der Waals surface area contributed by atoms with Gasteiger partial charge in [-0.15, -0.1) is 0 Å².